The number of nitrogens with one attached hydrogen (secondary N) is 2. The van der Waals surface area contributed by atoms with Gasteiger partial charge in [-0.05, 0) is 66.7 Å². The molecule has 2 amide bonds. The first-order valence-electron chi connectivity index (χ1n) is 12.1. The Hall–Kier alpha value is -3.73. The SMILES string of the molecule is O=C(N/N=C\c1ccccc1OC(=O)c1sc2cc(Br)ccc2c1Cl)c1ccc(NC(=O)c2ccc(Cl)cc2Cl)cc1. The number of para-hydroxylation sites is 1. The third kappa shape index (κ3) is 6.83. The van der Waals surface area contributed by atoms with Crippen LogP contribution in [0.2, 0.25) is 15.1 Å². The third-order valence-corrected chi connectivity index (χ3v) is 8.53. The van der Waals surface area contributed by atoms with Gasteiger partial charge in [-0.2, -0.15) is 5.10 Å². The molecular formula is C30H17BrCl3N3O4S. The van der Waals surface area contributed by atoms with Crippen LogP contribution in [0.1, 0.15) is 36.0 Å². The Labute approximate surface area is 267 Å². The van der Waals surface area contributed by atoms with E-state index in [2.05, 4.69) is 31.8 Å². The minimum absolute atomic E-state index is 0.225. The molecule has 0 unspecified atom stereocenters. The Balaban J connectivity index is 1.22. The molecule has 1 heterocycles. The number of ether oxygens (including phenoxy) is 1. The zero-order chi connectivity index (χ0) is 29.8. The quantitative estimate of drug-likeness (QED) is 0.0767. The van der Waals surface area contributed by atoms with Gasteiger partial charge in [0.25, 0.3) is 11.8 Å². The molecule has 0 aliphatic rings. The molecule has 42 heavy (non-hydrogen) atoms. The van der Waals surface area contributed by atoms with Crippen LogP contribution in [-0.2, 0) is 0 Å². The molecule has 5 rings (SSSR count). The Bertz CT molecular complexity index is 1880. The van der Waals surface area contributed by atoms with Crippen molar-refractivity contribution in [3.8, 4) is 5.75 Å². The van der Waals surface area contributed by atoms with Gasteiger partial charge >= 0.3 is 5.97 Å². The van der Waals surface area contributed by atoms with Crippen LogP contribution in [0.4, 0.5) is 5.69 Å². The highest BCUT2D eigenvalue weighted by Gasteiger charge is 2.20. The van der Waals surface area contributed by atoms with Crippen molar-refractivity contribution >= 4 is 102 Å². The summed E-state index contributed by atoms with van der Waals surface area (Å²) in [5, 5.41) is 8.46. The number of thiophene rings is 1. The number of fused-ring (bicyclic) bond motifs is 1. The number of hydrazone groups is 1. The Morgan fingerprint density at radius 2 is 1.64 bits per heavy atom. The number of benzene rings is 4. The predicted octanol–water partition coefficient (Wildman–Crippen LogP) is 8.86. The zero-order valence-corrected chi connectivity index (χ0v) is 25.8. The molecule has 5 aromatic rings. The van der Waals surface area contributed by atoms with Gasteiger partial charge in [-0.25, -0.2) is 10.2 Å². The third-order valence-electron chi connectivity index (χ3n) is 5.85. The van der Waals surface area contributed by atoms with Gasteiger partial charge in [-0.1, -0.05) is 68.9 Å². The van der Waals surface area contributed by atoms with Crippen molar-refractivity contribution in [3.05, 3.63) is 126 Å². The lowest BCUT2D eigenvalue weighted by atomic mass is 10.1. The molecule has 12 heteroatoms. The normalized spacial score (nSPS) is 11.0. The van der Waals surface area contributed by atoms with E-state index < -0.39 is 17.8 Å². The number of nitrogens with zero attached hydrogens (tertiary/aromatic N) is 1. The largest absolute Gasteiger partial charge is 0.422 e. The number of halogens is 4. The van der Waals surface area contributed by atoms with Crippen LogP contribution in [0, 0.1) is 0 Å². The number of esters is 1. The summed E-state index contributed by atoms with van der Waals surface area (Å²) < 4.78 is 7.35. The van der Waals surface area contributed by atoms with Crippen molar-refractivity contribution in [2.24, 2.45) is 5.10 Å². The standard InChI is InChI=1S/C30H17BrCl3N3O4S/c31-18-7-11-22-25(13-18)42-27(26(22)34)30(40)41-24-4-2-1-3-17(24)15-35-37-28(38)16-5-9-20(10-6-16)36-29(39)21-12-8-19(32)14-23(21)33/h1-15H,(H,36,39)(H,37,38)/b35-15-. The Kier molecular flexibility index (Phi) is 9.25. The van der Waals surface area contributed by atoms with E-state index in [0.29, 0.717) is 26.9 Å². The van der Waals surface area contributed by atoms with E-state index in [-0.39, 0.29) is 21.2 Å². The van der Waals surface area contributed by atoms with E-state index in [1.807, 2.05) is 18.2 Å². The Morgan fingerprint density at radius 3 is 2.40 bits per heavy atom. The van der Waals surface area contributed by atoms with Gasteiger partial charge in [-0.3, -0.25) is 9.59 Å². The number of rotatable bonds is 7. The summed E-state index contributed by atoms with van der Waals surface area (Å²) in [6.07, 6.45) is 1.37. The molecule has 0 saturated heterocycles. The fraction of sp³-hybridized carbons (Fsp3) is 0. The highest BCUT2D eigenvalue weighted by molar-refractivity contribution is 9.10. The number of hydrogen-bond acceptors (Lipinski definition) is 6. The van der Waals surface area contributed by atoms with E-state index in [9.17, 15) is 14.4 Å². The number of carbonyl (C=O) groups is 3. The number of hydrogen-bond donors (Lipinski definition) is 2. The minimum atomic E-state index is -0.604. The molecule has 0 saturated carbocycles. The van der Waals surface area contributed by atoms with Crippen LogP contribution in [-0.4, -0.2) is 24.0 Å². The zero-order valence-electron chi connectivity index (χ0n) is 21.2. The summed E-state index contributed by atoms with van der Waals surface area (Å²) in [5.41, 5.74) is 3.94. The van der Waals surface area contributed by atoms with Crippen molar-refractivity contribution in [1.29, 1.82) is 0 Å². The van der Waals surface area contributed by atoms with Gasteiger partial charge in [0.05, 0.1) is 21.8 Å². The van der Waals surface area contributed by atoms with Crippen LogP contribution in [0.25, 0.3) is 10.1 Å². The monoisotopic (exact) mass is 699 g/mol. The maximum Gasteiger partial charge on any atom is 0.355 e. The second kappa shape index (κ2) is 13.1. The highest BCUT2D eigenvalue weighted by Crippen LogP contribution is 2.37. The van der Waals surface area contributed by atoms with Gasteiger partial charge in [0.15, 0.2) is 0 Å². The Morgan fingerprint density at radius 1 is 0.881 bits per heavy atom. The van der Waals surface area contributed by atoms with E-state index >= 15 is 0 Å². The molecule has 210 valence electrons. The molecule has 1 aromatic heterocycles. The maximum atomic E-state index is 13.0. The van der Waals surface area contributed by atoms with Crippen LogP contribution in [0.3, 0.4) is 0 Å². The fourth-order valence-corrected chi connectivity index (χ4v) is 6.23. The number of amides is 2. The number of anilines is 1. The van der Waals surface area contributed by atoms with Crippen LogP contribution in [0.5, 0.6) is 5.75 Å². The smallest absolute Gasteiger partial charge is 0.355 e. The summed E-state index contributed by atoms with van der Waals surface area (Å²) >= 11 is 23.1. The molecule has 0 bridgehead atoms. The minimum Gasteiger partial charge on any atom is -0.422 e. The lowest BCUT2D eigenvalue weighted by Gasteiger charge is -2.08. The maximum absolute atomic E-state index is 13.0. The molecule has 2 N–H and O–H groups in total. The first kappa shape index (κ1) is 29.8. The first-order valence-corrected chi connectivity index (χ1v) is 14.8. The summed E-state index contributed by atoms with van der Waals surface area (Å²) in [6.45, 7) is 0. The summed E-state index contributed by atoms with van der Waals surface area (Å²) in [6, 6.07) is 23.1. The molecule has 0 aliphatic carbocycles. The van der Waals surface area contributed by atoms with Crippen LogP contribution >= 0.6 is 62.1 Å². The molecule has 0 atom stereocenters. The lowest BCUT2D eigenvalue weighted by Crippen LogP contribution is -2.18. The second-order valence-corrected chi connectivity index (χ2v) is 11.9. The fourth-order valence-electron chi connectivity index (χ4n) is 3.80. The summed E-state index contributed by atoms with van der Waals surface area (Å²) in [5.74, 6) is -1.26. The lowest BCUT2D eigenvalue weighted by molar-refractivity contribution is 0.0739. The number of carbonyl (C=O) groups excluding carboxylic acids is 3. The van der Waals surface area contributed by atoms with Gasteiger partial charge in [-0.15, -0.1) is 11.3 Å². The van der Waals surface area contributed by atoms with E-state index in [0.717, 1.165) is 14.6 Å². The average molecular weight is 702 g/mol. The van der Waals surface area contributed by atoms with Gasteiger partial charge in [0, 0.05) is 36.4 Å². The highest BCUT2D eigenvalue weighted by atomic mass is 79.9. The van der Waals surface area contributed by atoms with E-state index in [1.54, 1.807) is 42.5 Å². The van der Waals surface area contributed by atoms with Crippen molar-refractivity contribution in [2.75, 3.05) is 5.32 Å². The van der Waals surface area contributed by atoms with E-state index in [4.69, 9.17) is 39.5 Å². The predicted molar refractivity (Wildman–Crippen MR) is 172 cm³/mol. The average Bonchev–Trinajstić information content (AvgIpc) is 3.29. The van der Waals surface area contributed by atoms with Crippen molar-refractivity contribution < 1.29 is 19.1 Å². The van der Waals surface area contributed by atoms with Gasteiger partial charge < -0.3 is 10.1 Å². The molecule has 7 nitrogen and oxygen atoms in total. The summed E-state index contributed by atoms with van der Waals surface area (Å²) in [4.78, 5) is 38.4. The van der Waals surface area contributed by atoms with Crippen molar-refractivity contribution in [3.63, 3.8) is 0 Å². The second-order valence-electron chi connectivity index (χ2n) is 8.67. The molecular weight excluding hydrogens is 685 g/mol. The molecule has 0 fully saturated rings. The molecule has 0 radical (unpaired) electrons. The van der Waals surface area contributed by atoms with Crippen LogP contribution < -0.4 is 15.5 Å². The van der Waals surface area contributed by atoms with Crippen LogP contribution in [0.15, 0.2) is 94.5 Å². The molecule has 0 spiro atoms. The molecule has 4 aromatic carbocycles. The van der Waals surface area contributed by atoms with Crippen molar-refractivity contribution in [1.82, 2.24) is 5.43 Å². The van der Waals surface area contributed by atoms with Gasteiger partial charge in [0.2, 0.25) is 0 Å². The first-order chi connectivity index (χ1) is 20.2. The molecule has 0 aliphatic heterocycles. The van der Waals surface area contributed by atoms with Crippen molar-refractivity contribution in [2.45, 2.75) is 0 Å². The van der Waals surface area contributed by atoms with Gasteiger partial charge in [0.1, 0.15) is 10.6 Å². The topological polar surface area (TPSA) is 96.9 Å². The summed E-state index contributed by atoms with van der Waals surface area (Å²) in [7, 11) is 0. The van der Waals surface area contributed by atoms with E-state index in [1.165, 1.54) is 41.8 Å².